The molecule has 0 aliphatic heterocycles. The molecule has 3 nitrogen and oxygen atoms in total. The SMILES string of the molecule is CCCCn1c(-c2ccc(C)cc2C)csc1=NC(=O)c1ccccc1. The van der Waals surface area contributed by atoms with Crippen molar-refractivity contribution in [3.8, 4) is 11.3 Å². The number of rotatable bonds is 5. The molecule has 26 heavy (non-hydrogen) atoms. The zero-order chi connectivity index (χ0) is 18.5. The van der Waals surface area contributed by atoms with Crippen LogP contribution < -0.4 is 4.80 Å². The number of aryl methyl sites for hydroxylation is 2. The van der Waals surface area contributed by atoms with Gasteiger partial charge in [0.25, 0.3) is 5.91 Å². The smallest absolute Gasteiger partial charge is 0.279 e. The molecule has 0 aliphatic carbocycles. The third-order valence-corrected chi connectivity index (χ3v) is 5.27. The van der Waals surface area contributed by atoms with Crippen LogP contribution in [-0.4, -0.2) is 10.5 Å². The van der Waals surface area contributed by atoms with E-state index in [-0.39, 0.29) is 5.91 Å². The zero-order valence-electron chi connectivity index (χ0n) is 15.5. The first-order valence-electron chi connectivity index (χ1n) is 9.00. The first-order valence-corrected chi connectivity index (χ1v) is 9.88. The van der Waals surface area contributed by atoms with Crippen molar-refractivity contribution in [2.75, 3.05) is 0 Å². The molecule has 0 spiro atoms. The van der Waals surface area contributed by atoms with Crippen LogP contribution in [0, 0.1) is 13.8 Å². The Kier molecular flexibility index (Phi) is 5.84. The standard InChI is InChI=1S/C22H24N2OS/c1-4-5-13-24-20(19-12-11-16(2)14-17(19)3)15-26-22(24)23-21(25)18-9-7-6-8-10-18/h6-12,14-15H,4-5,13H2,1-3H3. The molecule has 0 radical (unpaired) electrons. The van der Waals surface area contributed by atoms with Crippen molar-refractivity contribution in [1.29, 1.82) is 0 Å². The second-order valence-electron chi connectivity index (χ2n) is 6.51. The van der Waals surface area contributed by atoms with Crippen LogP contribution in [0.2, 0.25) is 0 Å². The van der Waals surface area contributed by atoms with Gasteiger partial charge in [-0.05, 0) is 38.0 Å². The van der Waals surface area contributed by atoms with Gasteiger partial charge in [0.2, 0.25) is 0 Å². The van der Waals surface area contributed by atoms with Crippen LogP contribution in [0.25, 0.3) is 11.3 Å². The van der Waals surface area contributed by atoms with Gasteiger partial charge in [-0.25, -0.2) is 0 Å². The summed E-state index contributed by atoms with van der Waals surface area (Å²) in [6.07, 6.45) is 2.16. The molecule has 1 aromatic heterocycles. The van der Waals surface area contributed by atoms with Crippen molar-refractivity contribution in [3.63, 3.8) is 0 Å². The predicted octanol–water partition coefficient (Wildman–Crippen LogP) is 5.37. The quantitative estimate of drug-likeness (QED) is 0.599. The Hall–Kier alpha value is -2.46. The fourth-order valence-electron chi connectivity index (χ4n) is 3.00. The number of unbranched alkanes of at least 4 members (excludes halogenated alkanes) is 1. The summed E-state index contributed by atoms with van der Waals surface area (Å²) in [4.78, 5) is 17.7. The minimum atomic E-state index is -0.190. The number of aromatic nitrogens is 1. The largest absolute Gasteiger partial charge is 0.316 e. The molecule has 0 saturated carbocycles. The van der Waals surface area contributed by atoms with Crippen LogP contribution in [0.15, 0.2) is 58.9 Å². The second-order valence-corrected chi connectivity index (χ2v) is 7.35. The zero-order valence-corrected chi connectivity index (χ0v) is 16.3. The van der Waals surface area contributed by atoms with Gasteiger partial charge in [-0.3, -0.25) is 4.79 Å². The van der Waals surface area contributed by atoms with Crippen LogP contribution >= 0.6 is 11.3 Å². The Morgan fingerprint density at radius 2 is 1.88 bits per heavy atom. The van der Waals surface area contributed by atoms with Gasteiger partial charge in [0.1, 0.15) is 0 Å². The summed E-state index contributed by atoms with van der Waals surface area (Å²) >= 11 is 1.53. The van der Waals surface area contributed by atoms with Gasteiger partial charge in [0.15, 0.2) is 4.80 Å². The molecule has 0 bridgehead atoms. The molecule has 3 aromatic rings. The van der Waals surface area contributed by atoms with Crippen LogP contribution in [0.1, 0.15) is 41.3 Å². The molecule has 1 heterocycles. The van der Waals surface area contributed by atoms with Crippen molar-refractivity contribution in [2.45, 2.75) is 40.2 Å². The highest BCUT2D eigenvalue weighted by atomic mass is 32.1. The lowest BCUT2D eigenvalue weighted by atomic mass is 10.0. The summed E-state index contributed by atoms with van der Waals surface area (Å²) in [7, 11) is 0. The minimum Gasteiger partial charge on any atom is -0.316 e. The number of carbonyl (C=O) groups excluding carboxylic acids is 1. The van der Waals surface area contributed by atoms with Gasteiger partial charge in [-0.2, -0.15) is 4.99 Å². The van der Waals surface area contributed by atoms with Gasteiger partial charge in [-0.15, -0.1) is 11.3 Å². The lowest BCUT2D eigenvalue weighted by molar-refractivity contribution is 0.0997. The van der Waals surface area contributed by atoms with Gasteiger partial charge in [-0.1, -0.05) is 55.3 Å². The van der Waals surface area contributed by atoms with E-state index in [4.69, 9.17) is 0 Å². The number of thiazole rings is 1. The fraction of sp³-hybridized carbons (Fsp3) is 0.273. The van der Waals surface area contributed by atoms with E-state index in [1.54, 1.807) is 12.1 Å². The Labute approximate surface area is 158 Å². The average Bonchev–Trinajstić information content (AvgIpc) is 3.03. The predicted molar refractivity (Wildman–Crippen MR) is 108 cm³/mol. The molecule has 2 aromatic carbocycles. The number of benzene rings is 2. The first kappa shape index (κ1) is 18.3. The molecule has 0 saturated heterocycles. The number of hydrogen-bond donors (Lipinski definition) is 0. The topological polar surface area (TPSA) is 34.4 Å². The number of carbonyl (C=O) groups is 1. The highest BCUT2D eigenvalue weighted by molar-refractivity contribution is 7.07. The van der Waals surface area contributed by atoms with Gasteiger partial charge in [0, 0.05) is 23.1 Å². The van der Waals surface area contributed by atoms with Crippen LogP contribution in [0.3, 0.4) is 0 Å². The summed E-state index contributed by atoms with van der Waals surface area (Å²) in [5, 5.41) is 2.12. The molecule has 0 atom stereocenters. The van der Waals surface area contributed by atoms with E-state index in [1.165, 1.54) is 28.0 Å². The summed E-state index contributed by atoms with van der Waals surface area (Å²) in [6.45, 7) is 7.28. The van der Waals surface area contributed by atoms with E-state index in [2.05, 4.69) is 53.9 Å². The molecule has 1 amide bonds. The van der Waals surface area contributed by atoms with E-state index in [9.17, 15) is 4.79 Å². The van der Waals surface area contributed by atoms with Gasteiger partial charge >= 0.3 is 0 Å². The molecule has 3 rings (SSSR count). The number of nitrogens with zero attached hydrogens (tertiary/aromatic N) is 2. The van der Waals surface area contributed by atoms with Crippen molar-refractivity contribution < 1.29 is 4.79 Å². The van der Waals surface area contributed by atoms with E-state index in [0.717, 1.165) is 29.9 Å². The molecule has 0 N–H and O–H groups in total. The molecule has 134 valence electrons. The monoisotopic (exact) mass is 364 g/mol. The van der Waals surface area contributed by atoms with Crippen molar-refractivity contribution >= 4 is 17.2 Å². The Balaban J connectivity index is 2.08. The fourth-order valence-corrected chi connectivity index (χ4v) is 3.92. The molecule has 0 aliphatic rings. The number of amides is 1. The third-order valence-electron chi connectivity index (χ3n) is 4.41. The Bertz CT molecular complexity index is 967. The van der Waals surface area contributed by atoms with E-state index < -0.39 is 0 Å². The van der Waals surface area contributed by atoms with Crippen LogP contribution in [0.4, 0.5) is 0 Å². The third kappa shape index (κ3) is 4.02. The lowest BCUT2D eigenvalue weighted by Gasteiger charge is -2.11. The van der Waals surface area contributed by atoms with E-state index in [0.29, 0.717) is 5.56 Å². The first-order chi connectivity index (χ1) is 12.6. The number of hydrogen-bond acceptors (Lipinski definition) is 2. The van der Waals surface area contributed by atoms with Crippen molar-refractivity contribution in [1.82, 2.24) is 4.57 Å². The molecule has 0 fully saturated rings. The normalized spacial score (nSPS) is 11.7. The molecule has 0 unspecified atom stereocenters. The van der Waals surface area contributed by atoms with Crippen molar-refractivity contribution in [3.05, 3.63) is 75.4 Å². The molecule has 4 heteroatoms. The molecular formula is C22H24N2OS. The van der Waals surface area contributed by atoms with Crippen LogP contribution in [0.5, 0.6) is 0 Å². The second kappa shape index (κ2) is 8.28. The lowest BCUT2D eigenvalue weighted by Crippen LogP contribution is -2.18. The van der Waals surface area contributed by atoms with Gasteiger partial charge in [0.05, 0.1) is 5.69 Å². The maximum absolute atomic E-state index is 12.5. The summed E-state index contributed by atoms with van der Waals surface area (Å²) in [6, 6.07) is 15.7. The summed E-state index contributed by atoms with van der Waals surface area (Å²) in [5.41, 5.74) is 5.47. The van der Waals surface area contributed by atoms with Gasteiger partial charge < -0.3 is 4.57 Å². The van der Waals surface area contributed by atoms with E-state index >= 15 is 0 Å². The Morgan fingerprint density at radius 1 is 1.12 bits per heavy atom. The maximum atomic E-state index is 12.5. The highest BCUT2D eigenvalue weighted by Crippen LogP contribution is 2.25. The van der Waals surface area contributed by atoms with Crippen LogP contribution in [-0.2, 0) is 6.54 Å². The maximum Gasteiger partial charge on any atom is 0.279 e. The van der Waals surface area contributed by atoms with Crippen molar-refractivity contribution in [2.24, 2.45) is 4.99 Å². The van der Waals surface area contributed by atoms with E-state index in [1.807, 2.05) is 18.2 Å². The average molecular weight is 365 g/mol. The Morgan fingerprint density at radius 3 is 2.58 bits per heavy atom. The minimum absolute atomic E-state index is 0.190. The summed E-state index contributed by atoms with van der Waals surface area (Å²) in [5.74, 6) is -0.190. The summed E-state index contributed by atoms with van der Waals surface area (Å²) < 4.78 is 2.19. The highest BCUT2D eigenvalue weighted by Gasteiger charge is 2.12. The molecular weight excluding hydrogens is 340 g/mol.